The van der Waals surface area contributed by atoms with Gasteiger partial charge in [-0.15, -0.1) is 0 Å². The molecule has 78 valence electrons. The minimum absolute atomic E-state index is 0.504. The zero-order valence-electron chi connectivity index (χ0n) is 7.84. The molecule has 0 aromatic heterocycles. The molecule has 0 heterocycles. The number of benzene rings is 1. The molecule has 1 aromatic rings. The van der Waals surface area contributed by atoms with Gasteiger partial charge in [-0.25, -0.2) is 5.01 Å². The van der Waals surface area contributed by atoms with Gasteiger partial charge in [0.1, 0.15) is 12.4 Å². The highest BCUT2D eigenvalue weighted by Crippen LogP contribution is 2.23. The molecule has 14 heavy (non-hydrogen) atoms. The Labute approximate surface area is 93.3 Å². The first-order chi connectivity index (χ1) is 6.58. The Kier molecular flexibility index (Phi) is 4.48. The summed E-state index contributed by atoms with van der Waals surface area (Å²) in [5.41, 5.74) is 0. The fourth-order valence-corrected chi connectivity index (χ4v) is 1.43. The molecule has 0 atom stereocenters. The summed E-state index contributed by atoms with van der Waals surface area (Å²) in [6, 6.07) is 5.08. The molecule has 0 saturated carbocycles. The summed E-state index contributed by atoms with van der Waals surface area (Å²) in [6.45, 7) is 1.15. The highest BCUT2D eigenvalue weighted by Gasteiger charge is 1.99. The number of hydrogen-bond acceptors (Lipinski definition) is 3. The van der Waals surface area contributed by atoms with Crippen molar-refractivity contribution in [3.8, 4) is 5.75 Å². The van der Waals surface area contributed by atoms with E-state index < -0.39 is 0 Å². The second-order valence-electron chi connectivity index (χ2n) is 2.93. The van der Waals surface area contributed by atoms with Crippen molar-refractivity contribution in [2.24, 2.45) is 5.84 Å². The van der Waals surface area contributed by atoms with Crippen molar-refractivity contribution in [3.63, 3.8) is 0 Å². The van der Waals surface area contributed by atoms with Crippen LogP contribution in [0.1, 0.15) is 0 Å². The number of nitrogens with two attached hydrogens (primary N) is 1. The average molecular weight is 235 g/mol. The summed E-state index contributed by atoms with van der Waals surface area (Å²) < 4.78 is 5.39. The molecule has 0 fully saturated rings. The Morgan fingerprint density at radius 1 is 1.29 bits per heavy atom. The third-order valence-corrected chi connectivity index (χ3v) is 1.99. The molecule has 1 aromatic carbocycles. The highest BCUT2D eigenvalue weighted by atomic mass is 35.5. The number of rotatable bonds is 4. The molecule has 0 amide bonds. The monoisotopic (exact) mass is 234 g/mol. The lowest BCUT2D eigenvalue weighted by Crippen LogP contribution is -2.30. The van der Waals surface area contributed by atoms with Crippen molar-refractivity contribution in [3.05, 3.63) is 28.2 Å². The van der Waals surface area contributed by atoms with Gasteiger partial charge in [0.25, 0.3) is 0 Å². The van der Waals surface area contributed by atoms with E-state index in [0.717, 1.165) is 0 Å². The maximum atomic E-state index is 5.79. The first-order valence-electron chi connectivity index (χ1n) is 4.12. The second kappa shape index (κ2) is 5.41. The molecule has 0 aliphatic rings. The van der Waals surface area contributed by atoms with Gasteiger partial charge in [-0.05, 0) is 18.2 Å². The molecular formula is C9H12Cl2N2O. The number of likely N-dealkylation sites (N-methyl/N-ethyl adjacent to an activating group) is 1. The maximum Gasteiger partial charge on any atom is 0.122 e. The molecule has 0 radical (unpaired) electrons. The summed E-state index contributed by atoms with van der Waals surface area (Å²) >= 11 is 11.6. The van der Waals surface area contributed by atoms with Crippen molar-refractivity contribution >= 4 is 23.2 Å². The van der Waals surface area contributed by atoms with E-state index in [-0.39, 0.29) is 0 Å². The predicted molar refractivity (Wildman–Crippen MR) is 58.8 cm³/mol. The van der Waals surface area contributed by atoms with E-state index in [1.54, 1.807) is 30.3 Å². The Balaban J connectivity index is 2.50. The first-order valence-corrected chi connectivity index (χ1v) is 4.88. The number of hydrogen-bond donors (Lipinski definition) is 1. The Hall–Kier alpha value is -0.480. The molecule has 5 heteroatoms. The van der Waals surface area contributed by atoms with Gasteiger partial charge in [-0.1, -0.05) is 23.2 Å². The van der Waals surface area contributed by atoms with Crippen LogP contribution in [0.15, 0.2) is 18.2 Å². The maximum absolute atomic E-state index is 5.79. The molecule has 3 nitrogen and oxygen atoms in total. The van der Waals surface area contributed by atoms with Gasteiger partial charge >= 0.3 is 0 Å². The fourth-order valence-electron chi connectivity index (χ4n) is 0.919. The third kappa shape index (κ3) is 4.15. The van der Waals surface area contributed by atoms with Gasteiger partial charge in [0.2, 0.25) is 0 Å². The molecule has 2 N–H and O–H groups in total. The number of hydrazine groups is 1. The summed E-state index contributed by atoms with van der Waals surface area (Å²) in [6.07, 6.45) is 0. The molecule has 0 spiro atoms. The quantitative estimate of drug-likeness (QED) is 0.642. The van der Waals surface area contributed by atoms with Crippen LogP contribution in [0.5, 0.6) is 5.75 Å². The van der Waals surface area contributed by atoms with Crippen LogP contribution in [-0.2, 0) is 0 Å². The average Bonchev–Trinajstić information content (AvgIpc) is 2.01. The van der Waals surface area contributed by atoms with Crippen LogP contribution < -0.4 is 10.6 Å². The lowest BCUT2D eigenvalue weighted by Gasteiger charge is -2.11. The van der Waals surface area contributed by atoms with E-state index >= 15 is 0 Å². The SMILES string of the molecule is CN(N)CCOc1cc(Cl)cc(Cl)c1. The smallest absolute Gasteiger partial charge is 0.122 e. The Bertz CT molecular complexity index is 285. The minimum atomic E-state index is 0.504. The van der Waals surface area contributed by atoms with E-state index in [4.69, 9.17) is 33.8 Å². The number of ether oxygens (including phenoxy) is 1. The first kappa shape index (κ1) is 11.6. The highest BCUT2D eigenvalue weighted by molar-refractivity contribution is 6.34. The normalized spacial score (nSPS) is 10.6. The van der Waals surface area contributed by atoms with Crippen LogP contribution in [0.3, 0.4) is 0 Å². The largest absolute Gasteiger partial charge is 0.492 e. The minimum Gasteiger partial charge on any atom is -0.492 e. The van der Waals surface area contributed by atoms with Crippen molar-refractivity contribution in [2.45, 2.75) is 0 Å². The molecule has 0 bridgehead atoms. The van der Waals surface area contributed by atoms with Gasteiger partial charge in [0.15, 0.2) is 0 Å². The summed E-state index contributed by atoms with van der Waals surface area (Å²) in [4.78, 5) is 0. The molecule has 0 unspecified atom stereocenters. The third-order valence-electron chi connectivity index (χ3n) is 1.55. The van der Waals surface area contributed by atoms with Gasteiger partial charge < -0.3 is 4.74 Å². The van der Waals surface area contributed by atoms with Crippen LogP contribution in [0.2, 0.25) is 10.0 Å². The van der Waals surface area contributed by atoms with Crippen LogP contribution in [0.4, 0.5) is 0 Å². The van der Waals surface area contributed by atoms with E-state index in [1.807, 2.05) is 0 Å². The lowest BCUT2D eigenvalue weighted by molar-refractivity contribution is 0.241. The van der Waals surface area contributed by atoms with E-state index in [1.165, 1.54) is 0 Å². The van der Waals surface area contributed by atoms with Gasteiger partial charge in [-0.2, -0.15) is 0 Å². The molecule has 1 rings (SSSR count). The number of nitrogens with zero attached hydrogens (tertiary/aromatic N) is 1. The van der Waals surface area contributed by atoms with Gasteiger partial charge in [-0.3, -0.25) is 5.84 Å². The summed E-state index contributed by atoms with van der Waals surface area (Å²) in [5, 5.41) is 2.67. The van der Waals surface area contributed by atoms with Crippen LogP contribution in [-0.4, -0.2) is 25.2 Å². The van der Waals surface area contributed by atoms with Crippen LogP contribution in [0.25, 0.3) is 0 Å². The lowest BCUT2D eigenvalue weighted by atomic mass is 10.3. The summed E-state index contributed by atoms with van der Waals surface area (Å²) in [5.74, 6) is 6.07. The predicted octanol–water partition coefficient (Wildman–Crippen LogP) is 2.18. The molecule has 0 saturated heterocycles. The van der Waals surface area contributed by atoms with Crippen LogP contribution >= 0.6 is 23.2 Å². The number of halogens is 2. The van der Waals surface area contributed by atoms with Crippen molar-refractivity contribution < 1.29 is 4.74 Å². The standard InChI is InChI=1S/C9H12Cl2N2O/c1-13(12)2-3-14-9-5-7(10)4-8(11)6-9/h4-6H,2-3,12H2,1H3. The molecular weight excluding hydrogens is 223 g/mol. The van der Waals surface area contributed by atoms with Crippen molar-refractivity contribution in [1.82, 2.24) is 5.01 Å². The van der Waals surface area contributed by atoms with E-state index in [0.29, 0.717) is 28.9 Å². The van der Waals surface area contributed by atoms with E-state index in [9.17, 15) is 0 Å². The Morgan fingerprint density at radius 3 is 2.36 bits per heavy atom. The van der Waals surface area contributed by atoms with Crippen molar-refractivity contribution in [2.75, 3.05) is 20.2 Å². The zero-order chi connectivity index (χ0) is 10.6. The van der Waals surface area contributed by atoms with Gasteiger partial charge in [0, 0.05) is 23.6 Å². The fraction of sp³-hybridized carbons (Fsp3) is 0.333. The van der Waals surface area contributed by atoms with Crippen LogP contribution in [0, 0.1) is 0 Å². The van der Waals surface area contributed by atoms with E-state index in [2.05, 4.69) is 0 Å². The Morgan fingerprint density at radius 2 is 1.86 bits per heavy atom. The second-order valence-corrected chi connectivity index (χ2v) is 3.81. The summed E-state index contributed by atoms with van der Waals surface area (Å²) in [7, 11) is 1.77. The zero-order valence-corrected chi connectivity index (χ0v) is 9.35. The topological polar surface area (TPSA) is 38.5 Å². The molecule has 0 aliphatic heterocycles. The van der Waals surface area contributed by atoms with Gasteiger partial charge in [0.05, 0.1) is 0 Å². The molecule has 0 aliphatic carbocycles. The van der Waals surface area contributed by atoms with Crippen molar-refractivity contribution in [1.29, 1.82) is 0 Å².